The number of halogens is 1. The van der Waals surface area contributed by atoms with Crippen LogP contribution in [-0.4, -0.2) is 64.5 Å². The van der Waals surface area contributed by atoms with E-state index >= 15 is 0 Å². The van der Waals surface area contributed by atoms with Crippen LogP contribution < -0.4 is 5.32 Å². The highest BCUT2D eigenvalue weighted by atomic mass is 127. The zero-order chi connectivity index (χ0) is 19.0. The molecule has 0 radical (unpaired) electrons. The van der Waals surface area contributed by atoms with Crippen LogP contribution in [0.4, 0.5) is 0 Å². The number of rotatable bonds is 8. The van der Waals surface area contributed by atoms with Crippen molar-refractivity contribution in [1.82, 2.24) is 10.2 Å². The number of nitrogens with zero attached hydrogens (tertiary/aromatic N) is 2. The number of ether oxygens (including phenoxy) is 2. The van der Waals surface area contributed by atoms with Gasteiger partial charge in [0.2, 0.25) is 0 Å². The van der Waals surface area contributed by atoms with Crippen molar-refractivity contribution in [3.63, 3.8) is 0 Å². The van der Waals surface area contributed by atoms with Crippen LogP contribution in [0.25, 0.3) is 0 Å². The van der Waals surface area contributed by atoms with E-state index in [1.165, 1.54) is 11.1 Å². The van der Waals surface area contributed by atoms with Crippen molar-refractivity contribution in [2.45, 2.75) is 32.6 Å². The van der Waals surface area contributed by atoms with Gasteiger partial charge in [-0.3, -0.25) is 4.99 Å². The third kappa shape index (κ3) is 7.23. The minimum atomic E-state index is 0. The maximum absolute atomic E-state index is 5.69. The molecule has 0 aromatic heterocycles. The van der Waals surface area contributed by atoms with Crippen molar-refractivity contribution in [2.24, 2.45) is 10.9 Å². The molecule has 0 aliphatic carbocycles. The molecule has 2 rings (SSSR count). The first-order valence-corrected chi connectivity index (χ1v) is 9.56. The molecule has 0 amide bonds. The van der Waals surface area contributed by atoms with E-state index in [0.29, 0.717) is 19.1 Å². The van der Waals surface area contributed by atoms with Gasteiger partial charge >= 0.3 is 0 Å². The normalized spacial score (nSPS) is 17.7. The molecule has 0 spiro atoms. The van der Waals surface area contributed by atoms with Gasteiger partial charge in [0.05, 0.1) is 19.8 Å². The maximum Gasteiger partial charge on any atom is 0.193 e. The van der Waals surface area contributed by atoms with E-state index in [9.17, 15) is 0 Å². The molecule has 0 bridgehead atoms. The topological polar surface area (TPSA) is 46.1 Å². The van der Waals surface area contributed by atoms with Crippen molar-refractivity contribution in [2.75, 3.05) is 53.6 Å². The second-order valence-corrected chi connectivity index (χ2v) is 7.77. The molecule has 1 unspecified atom stereocenters. The number of nitrogens with one attached hydrogen (secondary N) is 1. The number of aryl methyl sites for hydroxylation is 1. The van der Waals surface area contributed by atoms with Gasteiger partial charge < -0.3 is 19.7 Å². The zero-order valence-corrected chi connectivity index (χ0v) is 19.8. The molecule has 154 valence electrons. The number of benzene rings is 1. The van der Waals surface area contributed by atoms with Crippen molar-refractivity contribution in [3.8, 4) is 0 Å². The summed E-state index contributed by atoms with van der Waals surface area (Å²) >= 11 is 0. The molecule has 6 heteroatoms. The number of methoxy groups -OCH3 is 1. The second-order valence-electron chi connectivity index (χ2n) is 7.77. The molecule has 1 saturated heterocycles. The van der Waals surface area contributed by atoms with Gasteiger partial charge in [0, 0.05) is 45.1 Å². The molecule has 1 atom stereocenters. The molecule has 1 fully saturated rings. The summed E-state index contributed by atoms with van der Waals surface area (Å²) in [5.74, 6) is 1.56. The van der Waals surface area contributed by atoms with E-state index in [2.05, 4.69) is 60.2 Å². The Balaban J connectivity index is 0.00000364. The Bertz CT molecular complexity index is 593. The molecule has 1 aliphatic heterocycles. The van der Waals surface area contributed by atoms with Crippen LogP contribution in [0.2, 0.25) is 0 Å². The summed E-state index contributed by atoms with van der Waals surface area (Å²) in [6.45, 7) is 11.8. The number of aliphatic imine (C=N–C) groups is 1. The maximum atomic E-state index is 5.69. The van der Waals surface area contributed by atoms with Crippen LogP contribution in [0.3, 0.4) is 0 Å². The van der Waals surface area contributed by atoms with Gasteiger partial charge in [-0.2, -0.15) is 0 Å². The van der Waals surface area contributed by atoms with E-state index < -0.39 is 0 Å². The SMILES string of the molecule is CN=C(NCC(C)(C)c1ccccc1C)N1CCC(COCCOC)C1.I. The molecule has 0 saturated carbocycles. The fraction of sp³-hybridized carbons (Fsp3) is 0.667. The molecular formula is C21H36IN3O2. The second kappa shape index (κ2) is 11.9. The Morgan fingerprint density at radius 3 is 2.70 bits per heavy atom. The fourth-order valence-corrected chi connectivity index (χ4v) is 3.61. The van der Waals surface area contributed by atoms with Crippen LogP contribution in [-0.2, 0) is 14.9 Å². The van der Waals surface area contributed by atoms with Crippen molar-refractivity contribution < 1.29 is 9.47 Å². The predicted octanol–water partition coefficient (Wildman–Crippen LogP) is 3.45. The Hall–Kier alpha value is -0.860. The lowest BCUT2D eigenvalue weighted by Gasteiger charge is -2.30. The quantitative estimate of drug-likeness (QED) is 0.263. The monoisotopic (exact) mass is 489 g/mol. The number of guanidine groups is 1. The number of hydrogen-bond donors (Lipinski definition) is 1. The lowest BCUT2D eigenvalue weighted by molar-refractivity contribution is 0.0536. The zero-order valence-electron chi connectivity index (χ0n) is 17.5. The Morgan fingerprint density at radius 2 is 2.04 bits per heavy atom. The van der Waals surface area contributed by atoms with Crippen LogP contribution in [0.15, 0.2) is 29.3 Å². The van der Waals surface area contributed by atoms with Crippen LogP contribution in [0.1, 0.15) is 31.4 Å². The van der Waals surface area contributed by atoms with Crippen molar-refractivity contribution in [1.29, 1.82) is 0 Å². The third-order valence-electron chi connectivity index (χ3n) is 5.15. The lowest BCUT2D eigenvalue weighted by atomic mass is 9.82. The first kappa shape index (κ1) is 24.2. The standard InChI is InChI=1S/C21H35N3O2.HI/c1-17-8-6-7-9-19(17)21(2,3)16-23-20(22-4)24-11-10-18(14-24)15-26-13-12-25-5;/h6-9,18H,10-16H2,1-5H3,(H,22,23);1H. The average Bonchev–Trinajstić information content (AvgIpc) is 3.08. The summed E-state index contributed by atoms with van der Waals surface area (Å²) in [6.07, 6.45) is 1.15. The molecule has 1 N–H and O–H groups in total. The Kier molecular flexibility index (Phi) is 10.6. The Morgan fingerprint density at radius 1 is 1.30 bits per heavy atom. The van der Waals surface area contributed by atoms with Gasteiger partial charge in [0.1, 0.15) is 0 Å². The van der Waals surface area contributed by atoms with Crippen LogP contribution >= 0.6 is 24.0 Å². The first-order chi connectivity index (χ1) is 12.5. The lowest BCUT2D eigenvalue weighted by Crippen LogP contribution is -2.45. The minimum absolute atomic E-state index is 0. The van der Waals surface area contributed by atoms with E-state index in [1.807, 2.05) is 7.05 Å². The average molecular weight is 489 g/mol. The van der Waals surface area contributed by atoms with E-state index in [0.717, 1.165) is 38.6 Å². The summed E-state index contributed by atoms with van der Waals surface area (Å²) in [5.41, 5.74) is 2.77. The summed E-state index contributed by atoms with van der Waals surface area (Å²) in [7, 11) is 3.57. The fourth-order valence-electron chi connectivity index (χ4n) is 3.61. The van der Waals surface area contributed by atoms with Gasteiger partial charge in [-0.25, -0.2) is 0 Å². The summed E-state index contributed by atoms with van der Waals surface area (Å²) in [6, 6.07) is 8.62. The molecule has 5 nitrogen and oxygen atoms in total. The predicted molar refractivity (Wildman–Crippen MR) is 123 cm³/mol. The van der Waals surface area contributed by atoms with E-state index in [4.69, 9.17) is 9.47 Å². The molecule has 27 heavy (non-hydrogen) atoms. The van der Waals surface area contributed by atoms with Gasteiger partial charge in [-0.15, -0.1) is 24.0 Å². The Labute approximate surface area is 181 Å². The molecular weight excluding hydrogens is 453 g/mol. The van der Waals surface area contributed by atoms with E-state index in [-0.39, 0.29) is 29.4 Å². The molecule has 1 aliphatic rings. The van der Waals surface area contributed by atoms with Gasteiger partial charge in [0.25, 0.3) is 0 Å². The van der Waals surface area contributed by atoms with Crippen LogP contribution in [0.5, 0.6) is 0 Å². The van der Waals surface area contributed by atoms with Crippen LogP contribution in [0, 0.1) is 12.8 Å². The largest absolute Gasteiger partial charge is 0.382 e. The highest BCUT2D eigenvalue weighted by Gasteiger charge is 2.27. The van der Waals surface area contributed by atoms with E-state index in [1.54, 1.807) is 7.11 Å². The minimum Gasteiger partial charge on any atom is -0.382 e. The van der Waals surface area contributed by atoms with Gasteiger partial charge in [0.15, 0.2) is 5.96 Å². The number of likely N-dealkylation sites (tertiary alicyclic amines) is 1. The van der Waals surface area contributed by atoms with Crippen molar-refractivity contribution in [3.05, 3.63) is 35.4 Å². The first-order valence-electron chi connectivity index (χ1n) is 9.56. The molecule has 1 heterocycles. The highest BCUT2D eigenvalue weighted by molar-refractivity contribution is 14.0. The van der Waals surface area contributed by atoms with Crippen molar-refractivity contribution >= 4 is 29.9 Å². The summed E-state index contributed by atoms with van der Waals surface area (Å²) in [5, 5.41) is 3.59. The molecule has 1 aromatic carbocycles. The summed E-state index contributed by atoms with van der Waals surface area (Å²) in [4.78, 5) is 6.85. The van der Waals surface area contributed by atoms with Gasteiger partial charge in [-0.1, -0.05) is 38.1 Å². The highest BCUT2D eigenvalue weighted by Crippen LogP contribution is 2.25. The third-order valence-corrected chi connectivity index (χ3v) is 5.15. The molecule has 1 aromatic rings. The summed E-state index contributed by atoms with van der Waals surface area (Å²) < 4.78 is 10.7. The van der Waals surface area contributed by atoms with Gasteiger partial charge in [-0.05, 0) is 24.5 Å². The number of hydrogen-bond acceptors (Lipinski definition) is 3. The smallest absolute Gasteiger partial charge is 0.193 e.